The molecule has 0 N–H and O–H groups in total. The summed E-state index contributed by atoms with van der Waals surface area (Å²) < 4.78 is 3.67. The minimum atomic E-state index is 0.195. The molecule has 1 aromatic rings. The lowest BCUT2D eigenvalue weighted by Crippen LogP contribution is -2.32. The van der Waals surface area contributed by atoms with Crippen LogP contribution in [0, 0.1) is 17.4 Å². The van der Waals surface area contributed by atoms with Gasteiger partial charge >= 0.3 is 0 Å². The maximum absolute atomic E-state index is 4.86. The van der Waals surface area contributed by atoms with Gasteiger partial charge in [0.25, 0.3) is 0 Å². The first-order chi connectivity index (χ1) is 9.96. The molecule has 1 aromatic heterocycles. The first-order valence-corrected chi connectivity index (χ1v) is 9.76. The summed E-state index contributed by atoms with van der Waals surface area (Å²) in [6.07, 6.45) is 11.8. The van der Waals surface area contributed by atoms with Gasteiger partial charge in [-0.25, -0.2) is 0 Å². The maximum Gasteiger partial charge on any atom is 0.0730 e. The predicted molar refractivity (Wildman–Crippen MR) is 101 cm³/mol. The van der Waals surface area contributed by atoms with Crippen LogP contribution >= 0.6 is 22.6 Å². The van der Waals surface area contributed by atoms with Crippen LogP contribution in [0.2, 0.25) is 0 Å². The monoisotopic (exact) mass is 404 g/mol. The van der Waals surface area contributed by atoms with Crippen LogP contribution in [-0.4, -0.2) is 9.78 Å². The van der Waals surface area contributed by atoms with E-state index < -0.39 is 0 Å². The number of rotatable bonds is 10. The Kier molecular flexibility index (Phi) is 8.28. The van der Waals surface area contributed by atoms with E-state index in [4.69, 9.17) is 5.10 Å². The van der Waals surface area contributed by atoms with Crippen molar-refractivity contribution in [3.8, 4) is 0 Å². The van der Waals surface area contributed by atoms with Gasteiger partial charge in [-0.05, 0) is 56.2 Å². The van der Waals surface area contributed by atoms with Crippen LogP contribution in [-0.2, 0) is 5.54 Å². The second-order valence-corrected chi connectivity index (χ2v) is 7.74. The molecule has 0 aliphatic carbocycles. The van der Waals surface area contributed by atoms with Crippen LogP contribution in [0.15, 0.2) is 0 Å². The number of hydrogen-bond donors (Lipinski definition) is 0. The van der Waals surface area contributed by atoms with Gasteiger partial charge in [-0.1, -0.05) is 58.8 Å². The summed E-state index contributed by atoms with van der Waals surface area (Å²) in [7, 11) is 0. The highest BCUT2D eigenvalue weighted by Crippen LogP contribution is 2.32. The molecule has 0 spiro atoms. The predicted octanol–water partition coefficient (Wildman–Crippen LogP) is 6.37. The van der Waals surface area contributed by atoms with Crippen LogP contribution in [0.4, 0.5) is 0 Å². The van der Waals surface area contributed by atoms with Crippen LogP contribution in [0.5, 0.6) is 0 Å². The van der Waals surface area contributed by atoms with Crippen molar-refractivity contribution in [1.82, 2.24) is 9.78 Å². The van der Waals surface area contributed by atoms with E-state index in [1.807, 2.05) is 0 Å². The van der Waals surface area contributed by atoms with E-state index in [9.17, 15) is 0 Å². The van der Waals surface area contributed by atoms with Gasteiger partial charge in [-0.2, -0.15) is 5.10 Å². The normalized spacial score (nSPS) is 14.4. The molecule has 0 aliphatic heterocycles. The molecule has 0 aliphatic rings. The molecule has 122 valence electrons. The lowest BCUT2D eigenvalue weighted by Gasteiger charge is -2.32. The third kappa shape index (κ3) is 5.26. The summed E-state index contributed by atoms with van der Waals surface area (Å²) >= 11 is 2.44. The van der Waals surface area contributed by atoms with Gasteiger partial charge in [-0.3, -0.25) is 4.68 Å². The molecule has 0 saturated carbocycles. The Labute approximate surface area is 145 Å². The third-order valence-corrected chi connectivity index (χ3v) is 6.16. The quantitative estimate of drug-likeness (QED) is 0.327. The van der Waals surface area contributed by atoms with E-state index >= 15 is 0 Å². The molecule has 3 heteroatoms. The fourth-order valence-electron chi connectivity index (χ4n) is 3.15. The Morgan fingerprint density at radius 2 is 1.52 bits per heavy atom. The van der Waals surface area contributed by atoms with Crippen molar-refractivity contribution in [2.45, 2.75) is 97.9 Å². The second-order valence-electron chi connectivity index (χ2n) is 6.66. The summed E-state index contributed by atoms with van der Waals surface area (Å²) in [4.78, 5) is 0. The van der Waals surface area contributed by atoms with Crippen LogP contribution in [0.25, 0.3) is 0 Å². The lowest BCUT2D eigenvalue weighted by atomic mass is 9.88. The van der Waals surface area contributed by atoms with Gasteiger partial charge in [-0.15, -0.1) is 0 Å². The number of unbranched alkanes of at least 4 members (excludes halogenated alkanes) is 5. The molecule has 0 aromatic carbocycles. The van der Waals surface area contributed by atoms with Gasteiger partial charge < -0.3 is 0 Å². The molecular formula is C18H33IN2. The number of aromatic nitrogens is 2. The Morgan fingerprint density at radius 1 is 0.952 bits per heavy atom. The fourth-order valence-corrected chi connectivity index (χ4v) is 3.49. The molecule has 1 heterocycles. The topological polar surface area (TPSA) is 17.8 Å². The largest absolute Gasteiger partial charge is 0.263 e. The van der Waals surface area contributed by atoms with E-state index in [-0.39, 0.29) is 5.54 Å². The minimum Gasteiger partial charge on any atom is -0.263 e. The van der Waals surface area contributed by atoms with E-state index in [2.05, 4.69) is 61.9 Å². The van der Waals surface area contributed by atoms with Crippen LogP contribution < -0.4 is 0 Å². The third-order valence-electron chi connectivity index (χ3n) is 4.60. The molecule has 0 saturated heterocycles. The van der Waals surface area contributed by atoms with Gasteiger partial charge in [0.15, 0.2) is 0 Å². The molecular weight excluding hydrogens is 371 g/mol. The smallest absolute Gasteiger partial charge is 0.0730 e. The second kappa shape index (κ2) is 9.16. The summed E-state index contributed by atoms with van der Waals surface area (Å²) in [6.45, 7) is 11.3. The van der Waals surface area contributed by atoms with Crippen LogP contribution in [0.1, 0.15) is 89.9 Å². The summed E-state index contributed by atoms with van der Waals surface area (Å²) in [5, 5.41) is 4.86. The van der Waals surface area contributed by atoms with Crippen molar-refractivity contribution in [1.29, 1.82) is 0 Å². The molecule has 21 heavy (non-hydrogen) atoms. The summed E-state index contributed by atoms with van der Waals surface area (Å²) in [6, 6.07) is 0. The first kappa shape index (κ1) is 19.0. The van der Waals surface area contributed by atoms with Crippen molar-refractivity contribution in [2.75, 3.05) is 0 Å². The number of aryl methyl sites for hydroxylation is 1. The molecule has 0 radical (unpaired) electrons. The average Bonchev–Trinajstić information content (AvgIpc) is 2.73. The minimum absolute atomic E-state index is 0.195. The van der Waals surface area contributed by atoms with Gasteiger partial charge in [0.1, 0.15) is 0 Å². The Balaban J connectivity index is 2.79. The van der Waals surface area contributed by atoms with Crippen molar-refractivity contribution in [3.05, 3.63) is 15.0 Å². The van der Waals surface area contributed by atoms with Gasteiger partial charge in [0, 0.05) is 5.69 Å². The molecule has 1 atom stereocenters. The van der Waals surface area contributed by atoms with Crippen molar-refractivity contribution < 1.29 is 0 Å². The van der Waals surface area contributed by atoms with Gasteiger partial charge in [0.2, 0.25) is 0 Å². The average molecular weight is 404 g/mol. The zero-order chi connectivity index (χ0) is 15.9. The standard InChI is InChI=1S/C18H33IN2/c1-6-8-10-11-12-14-18(5,13-9-7-2)21-16(4)17(19)15(3)20-21/h6-14H2,1-5H3. The molecule has 2 nitrogen and oxygen atoms in total. The fraction of sp³-hybridized carbons (Fsp3) is 0.833. The van der Waals surface area contributed by atoms with Crippen molar-refractivity contribution in [2.24, 2.45) is 0 Å². The number of nitrogens with zero attached hydrogens (tertiary/aromatic N) is 2. The number of halogens is 1. The number of hydrogen-bond acceptors (Lipinski definition) is 1. The summed E-state index contributed by atoms with van der Waals surface area (Å²) in [5.41, 5.74) is 2.72. The zero-order valence-electron chi connectivity index (χ0n) is 14.6. The Morgan fingerprint density at radius 3 is 2.05 bits per heavy atom. The van der Waals surface area contributed by atoms with E-state index in [1.54, 1.807) is 0 Å². The Hall–Kier alpha value is -0.0600. The van der Waals surface area contributed by atoms with Crippen molar-refractivity contribution >= 4 is 22.6 Å². The highest BCUT2D eigenvalue weighted by atomic mass is 127. The zero-order valence-corrected chi connectivity index (χ0v) is 16.8. The molecule has 1 unspecified atom stereocenters. The SMILES string of the molecule is CCCCCCCC(C)(CCCC)n1nc(C)c(I)c1C. The van der Waals surface area contributed by atoms with Crippen LogP contribution in [0.3, 0.4) is 0 Å². The van der Waals surface area contributed by atoms with E-state index in [0.29, 0.717) is 0 Å². The summed E-state index contributed by atoms with van der Waals surface area (Å²) in [5.74, 6) is 0. The first-order valence-electron chi connectivity index (χ1n) is 8.68. The molecule has 0 fully saturated rings. The Bertz CT molecular complexity index is 425. The van der Waals surface area contributed by atoms with E-state index in [1.165, 1.54) is 72.7 Å². The highest BCUT2D eigenvalue weighted by molar-refractivity contribution is 14.1. The lowest BCUT2D eigenvalue weighted by molar-refractivity contribution is 0.224. The molecule has 1 rings (SSSR count). The van der Waals surface area contributed by atoms with Crippen molar-refractivity contribution in [3.63, 3.8) is 0 Å². The molecule has 0 bridgehead atoms. The van der Waals surface area contributed by atoms with Gasteiger partial charge in [0.05, 0.1) is 14.8 Å². The van der Waals surface area contributed by atoms with E-state index in [0.717, 1.165) is 0 Å². The highest BCUT2D eigenvalue weighted by Gasteiger charge is 2.29. The molecule has 0 amide bonds. The maximum atomic E-state index is 4.86.